The van der Waals surface area contributed by atoms with Crippen LogP contribution < -0.4 is 5.32 Å². The molecule has 0 radical (unpaired) electrons. The van der Waals surface area contributed by atoms with E-state index in [1.807, 2.05) is 11.8 Å². The van der Waals surface area contributed by atoms with Crippen molar-refractivity contribution in [3.63, 3.8) is 0 Å². The van der Waals surface area contributed by atoms with Crippen molar-refractivity contribution in [3.05, 3.63) is 0 Å². The Bertz CT molecular complexity index is 151. The summed E-state index contributed by atoms with van der Waals surface area (Å²) in [4.78, 5) is 10.9. The maximum Gasteiger partial charge on any atom is 0.229 e. The van der Waals surface area contributed by atoms with Gasteiger partial charge in [0.05, 0.1) is 5.75 Å². The second-order valence-electron chi connectivity index (χ2n) is 2.85. The molecule has 1 amide bonds. The molecule has 1 aliphatic rings. The normalized spacial score (nSPS) is 30.4. The fourth-order valence-corrected chi connectivity index (χ4v) is 2.59. The van der Waals surface area contributed by atoms with Crippen molar-refractivity contribution < 1.29 is 4.79 Å². The minimum absolute atomic E-state index is 0.0488. The molecule has 0 spiro atoms. The molecule has 0 aromatic heterocycles. The third-order valence-electron chi connectivity index (χ3n) is 1.86. The molecule has 0 bridgehead atoms. The van der Waals surface area contributed by atoms with E-state index in [0.29, 0.717) is 17.7 Å². The maximum absolute atomic E-state index is 10.9. The van der Waals surface area contributed by atoms with Gasteiger partial charge in [0.2, 0.25) is 5.91 Å². The largest absolute Gasteiger partial charge is 0.352 e. The van der Waals surface area contributed by atoms with Crippen molar-refractivity contribution in [2.24, 2.45) is 5.92 Å². The summed E-state index contributed by atoms with van der Waals surface area (Å²) < 4.78 is 0. The summed E-state index contributed by atoms with van der Waals surface area (Å²) >= 11 is 5.80. The Morgan fingerprint density at radius 2 is 2.45 bits per heavy atom. The van der Waals surface area contributed by atoms with Gasteiger partial charge in [-0.2, -0.15) is 24.4 Å². The van der Waals surface area contributed by atoms with Crippen molar-refractivity contribution >= 4 is 30.3 Å². The quantitative estimate of drug-likeness (QED) is 0.632. The Hall–Kier alpha value is 0.170. The lowest BCUT2D eigenvalue weighted by Gasteiger charge is -2.15. The van der Waals surface area contributed by atoms with Crippen molar-refractivity contribution in [1.82, 2.24) is 5.32 Å². The maximum atomic E-state index is 10.9. The van der Waals surface area contributed by atoms with Gasteiger partial charge in [0.1, 0.15) is 0 Å². The third kappa shape index (κ3) is 2.60. The molecule has 11 heavy (non-hydrogen) atoms. The van der Waals surface area contributed by atoms with E-state index in [9.17, 15) is 4.79 Å². The number of hydrogen-bond donors (Lipinski definition) is 2. The van der Waals surface area contributed by atoms with E-state index in [-0.39, 0.29) is 5.91 Å². The smallest absolute Gasteiger partial charge is 0.229 e. The zero-order valence-electron chi connectivity index (χ0n) is 6.54. The number of hydrogen-bond acceptors (Lipinski definition) is 3. The molecule has 2 atom stereocenters. The van der Waals surface area contributed by atoms with Gasteiger partial charge in [0.15, 0.2) is 0 Å². The fourth-order valence-electron chi connectivity index (χ4n) is 1.10. The standard InChI is InChI=1S/C7H13NOS2/c1-5-3-11-4-6(5)8-7(9)2-10/h5-6,10H,2-4H2,1H3,(H,8,9). The molecule has 1 saturated heterocycles. The van der Waals surface area contributed by atoms with E-state index >= 15 is 0 Å². The first kappa shape index (κ1) is 9.26. The first-order valence-corrected chi connectivity index (χ1v) is 5.50. The van der Waals surface area contributed by atoms with E-state index < -0.39 is 0 Å². The van der Waals surface area contributed by atoms with Gasteiger partial charge in [-0.25, -0.2) is 0 Å². The second kappa shape index (κ2) is 4.26. The molecule has 1 heterocycles. The van der Waals surface area contributed by atoms with Crippen LogP contribution >= 0.6 is 24.4 Å². The average Bonchev–Trinajstić information content (AvgIpc) is 2.37. The molecule has 1 N–H and O–H groups in total. The van der Waals surface area contributed by atoms with Crippen LogP contribution in [0.1, 0.15) is 6.92 Å². The van der Waals surface area contributed by atoms with Crippen molar-refractivity contribution in [1.29, 1.82) is 0 Å². The molecular weight excluding hydrogens is 178 g/mol. The van der Waals surface area contributed by atoms with Gasteiger partial charge in [-0.15, -0.1) is 0 Å². The van der Waals surface area contributed by atoms with Crippen LogP contribution in [-0.2, 0) is 4.79 Å². The first-order chi connectivity index (χ1) is 5.24. The van der Waals surface area contributed by atoms with E-state index in [0.717, 1.165) is 11.5 Å². The highest BCUT2D eigenvalue weighted by Gasteiger charge is 2.24. The highest BCUT2D eigenvalue weighted by atomic mass is 32.2. The Balaban J connectivity index is 2.30. The van der Waals surface area contributed by atoms with Crippen molar-refractivity contribution in [2.75, 3.05) is 17.3 Å². The van der Waals surface area contributed by atoms with Gasteiger partial charge in [-0.05, 0) is 11.7 Å². The molecule has 0 saturated carbocycles. The minimum atomic E-state index is 0.0488. The molecule has 4 heteroatoms. The van der Waals surface area contributed by atoms with Crippen LogP contribution in [0.4, 0.5) is 0 Å². The Morgan fingerprint density at radius 3 is 2.91 bits per heavy atom. The molecule has 0 aliphatic carbocycles. The van der Waals surface area contributed by atoms with E-state index in [2.05, 4.69) is 24.9 Å². The molecule has 1 fully saturated rings. The summed E-state index contributed by atoms with van der Waals surface area (Å²) in [6.45, 7) is 2.17. The molecule has 64 valence electrons. The van der Waals surface area contributed by atoms with E-state index in [4.69, 9.17) is 0 Å². The van der Waals surface area contributed by atoms with Crippen LogP contribution in [0.15, 0.2) is 0 Å². The number of carbonyl (C=O) groups is 1. The number of rotatable bonds is 2. The zero-order valence-corrected chi connectivity index (χ0v) is 8.25. The summed E-state index contributed by atoms with van der Waals surface area (Å²) in [5.74, 6) is 3.18. The fraction of sp³-hybridized carbons (Fsp3) is 0.857. The lowest BCUT2D eigenvalue weighted by molar-refractivity contribution is -0.119. The van der Waals surface area contributed by atoms with E-state index in [1.165, 1.54) is 0 Å². The van der Waals surface area contributed by atoms with Crippen LogP contribution in [0.2, 0.25) is 0 Å². The third-order valence-corrected chi connectivity index (χ3v) is 3.50. The van der Waals surface area contributed by atoms with E-state index in [1.54, 1.807) is 0 Å². The summed E-state index contributed by atoms with van der Waals surface area (Å²) in [7, 11) is 0. The van der Waals surface area contributed by atoms with Gasteiger partial charge in [0, 0.05) is 11.8 Å². The summed E-state index contributed by atoms with van der Waals surface area (Å²) in [6.07, 6.45) is 0. The summed E-state index contributed by atoms with van der Waals surface area (Å²) in [5.41, 5.74) is 0. The van der Waals surface area contributed by atoms with Crippen LogP contribution in [0.3, 0.4) is 0 Å². The van der Waals surface area contributed by atoms with Crippen LogP contribution in [0.25, 0.3) is 0 Å². The van der Waals surface area contributed by atoms with Gasteiger partial charge in [0.25, 0.3) is 0 Å². The molecule has 0 aromatic rings. The second-order valence-corrected chi connectivity index (χ2v) is 4.24. The average molecular weight is 191 g/mol. The molecule has 1 aliphatic heterocycles. The molecule has 2 unspecified atom stereocenters. The van der Waals surface area contributed by atoms with Gasteiger partial charge in [-0.1, -0.05) is 6.92 Å². The number of nitrogens with one attached hydrogen (secondary N) is 1. The monoisotopic (exact) mass is 191 g/mol. The Morgan fingerprint density at radius 1 is 1.73 bits per heavy atom. The van der Waals surface area contributed by atoms with Crippen LogP contribution in [-0.4, -0.2) is 29.2 Å². The van der Waals surface area contributed by atoms with Gasteiger partial charge < -0.3 is 5.32 Å². The van der Waals surface area contributed by atoms with Crippen LogP contribution in [0.5, 0.6) is 0 Å². The summed E-state index contributed by atoms with van der Waals surface area (Å²) in [5, 5.41) is 2.94. The lowest BCUT2D eigenvalue weighted by Crippen LogP contribution is -2.39. The van der Waals surface area contributed by atoms with Gasteiger partial charge >= 0.3 is 0 Å². The highest BCUT2D eigenvalue weighted by molar-refractivity contribution is 7.99. The highest BCUT2D eigenvalue weighted by Crippen LogP contribution is 2.23. The topological polar surface area (TPSA) is 29.1 Å². The number of amides is 1. The SMILES string of the molecule is CC1CSCC1NC(=O)CS. The summed E-state index contributed by atoms with van der Waals surface area (Å²) in [6, 6.07) is 0.375. The Kier molecular flexibility index (Phi) is 3.59. The molecule has 2 nitrogen and oxygen atoms in total. The number of thioether (sulfide) groups is 1. The minimum Gasteiger partial charge on any atom is -0.352 e. The number of carbonyl (C=O) groups excluding carboxylic acids is 1. The van der Waals surface area contributed by atoms with Crippen LogP contribution in [0, 0.1) is 5.92 Å². The lowest BCUT2D eigenvalue weighted by atomic mass is 10.1. The van der Waals surface area contributed by atoms with Crippen molar-refractivity contribution in [3.8, 4) is 0 Å². The first-order valence-electron chi connectivity index (χ1n) is 3.72. The van der Waals surface area contributed by atoms with Gasteiger partial charge in [-0.3, -0.25) is 4.79 Å². The Labute approximate surface area is 76.9 Å². The predicted octanol–water partition coefficient (Wildman–Crippen LogP) is 0.784. The molecular formula is C7H13NOS2. The predicted molar refractivity (Wildman–Crippen MR) is 52.3 cm³/mol. The molecule has 1 rings (SSSR count). The number of thiol groups is 1. The van der Waals surface area contributed by atoms with Crippen molar-refractivity contribution in [2.45, 2.75) is 13.0 Å². The zero-order chi connectivity index (χ0) is 8.27. The molecule has 0 aromatic carbocycles.